The monoisotopic (exact) mass is 325 g/mol. The van der Waals surface area contributed by atoms with E-state index >= 15 is 0 Å². The molecule has 0 saturated carbocycles. The Hall–Kier alpha value is -0.930. The zero-order chi connectivity index (χ0) is 12.5. The van der Waals surface area contributed by atoms with Gasteiger partial charge in [-0.2, -0.15) is 0 Å². The first-order chi connectivity index (χ1) is 8.74. The van der Waals surface area contributed by atoms with Crippen LogP contribution >= 0.6 is 27.5 Å². The molecule has 0 bridgehead atoms. The Morgan fingerprint density at radius 1 is 1.33 bits per heavy atom. The molecule has 0 amide bonds. The molecule has 4 heteroatoms. The molecule has 0 radical (unpaired) electrons. The minimum absolute atomic E-state index is 0.291. The van der Waals surface area contributed by atoms with Gasteiger partial charge in [-0.1, -0.05) is 27.5 Å². The van der Waals surface area contributed by atoms with Gasteiger partial charge >= 0.3 is 0 Å². The molecule has 1 aliphatic rings. The van der Waals surface area contributed by atoms with Crippen LogP contribution in [0.25, 0.3) is 0 Å². The highest BCUT2D eigenvalue weighted by molar-refractivity contribution is 9.10. The van der Waals surface area contributed by atoms with Gasteiger partial charge in [0.05, 0.1) is 23.0 Å². The second-order valence-electron chi connectivity index (χ2n) is 4.51. The van der Waals surface area contributed by atoms with Crippen molar-refractivity contribution in [3.8, 4) is 0 Å². The summed E-state index contributed by atoms with van der Waals surface area (Å²) in [5, 5.41) is 4.25. The lowest BCUT2D eigenvalue weighted by molar-refractivity contribution is 0.461. The Labute approximate surface area is 119 Å². The van der Waals surface area contributed by atoms with Crippen LogP contribution < -0.4 is 5.32 Å². The Morgan fingerprint density at radius 2 is 2.22 bits per heavy atom. The van der Waals surface area contributed by atoms with Crippen LogP contribution in [0, 0.1) is 0 Å². The van der Waals surface area contributed by atoms with Crippen molar-refractivity contribution in [1.29, 1.82) is 0 Å². The predicted molar refractivity (Wildman–Crippen MR) is 77.2 cm³/mol. The summed E-state index contributed by atoms with van der Waals surface area (Å²) < 4.78 is 6.52. The number of furan rings is 1. The molecule has 1 aromatic carbocycles. The first-order valence-corrected chi connectivity index (χ1v) is 7.19. The molecule has 1 atom stereocenters. The Morgan fingerprint density at radius 3 is 3.11 bits per heavy atom. The van der Waals surface area contributed by atoms with E-state index in [2.05, 4.69) is 27.3 Å². The highest BCUT2D eigenvalue weighted by atomic mass is 79.9. The summed E-state index contributed by atoms with van der Waals surface area (Å²) in [5.74, 6) is 1.10. The SMILES string of the molecule is Clc1ccc(Br)cc1NC1CCCc2occc21. The standard InChI is InChI=1S/C14H13BrClNO/c15-9-4-5-11(16)13(8-9)17-12-2-1-3-14-10(12)6-7-18-14/h4-8,12,17H,1-3H2. The van der Waals surface area contributed by atoms with Crippen LogP contribution in [0.4, 0.5) is 5.69 Å². The Kier molecular flexibility index (Phi) is 3.35. The van der Waals surface area contributed by atoms with Crippen molar-refractivity contribution >= 4 is 33.2 Å². The van der Waals surface area contributed by atoms with Gasteiger partial charge in [0, 0.05) is 16.5 Å². The van der Waals surface area contributed by atoms with Crippen LogP contribution in [-0.4, -0.2) is 0 Å². The number of hydrogen-bond donors (Lipinski definition) is 1. The van der Waals surface area contributed by atoms with Gasteiger partial charge in [0.15, 0.2) is 0 Å². The van der Waals surface area contributed by atoms with E-state index < -0.39 is 0 Å². The van der Waals surface area contributed by atoms with E-state index in [4.69, 9.17) is 16.0 Å². The molecule has 1 unspecified atom stereocenters. The van der Waals surface area contributed by atoms with Gasteiger partial charge in [-0.15, -0.1) is 0 Å². The van der Waals surface area contributed by atoms with Crippen molar-refractivity contribution in [2.75, 3.05) is 5.32 Å². The van der Waals surface area contributed by atoms with Gasteiger partial charge in [-0.25, -0.2) is 0 Å². The molecule has 3 rings (SSSR count). The predicted octanol–water partition coefficient (Wildman–Crippen LogP) is 5.19. The summed E-state index contributed by atoms with van der Waals surface area (Å²) in [4.78, 5) is 0. The van der Waals surface area contributed by atoms with Crippen molar-refractivity contribution in [3.05, 3.63) is 51.3 Å². The fourth-order valence-corrected chi connectivity index (χ4v) is 2.97. The highest BCUT2D eigenvalue weighted by Crippen LogP contribution is 2.35. The molecule has 94 valence electrons. The van der Waals surface area contributed by atoms with Crippen LogP contribution in [0.5, 0.6) is 0 Å². The minimum atomic E-state index is 0.291. The Bertz CT molecular complexity index is 567. The first-order valence-electron chi connectivity index (χ1n) is 6.02. The number of rotatable bonds is 2. The highest BCUT2D eigenvalue weighted by Gasteiger charge is 2.22. The fraction of sp³-hybridized carbons (Fsp3) is 0.286. The second kappa shape index (κ2) is 4.98. The van der Waals surface area contributed by atoms with E-state index in [1.165, 1.54) is 5.56 Å². The third-order valence-electron chi connectivity index (χ3n) is 3.31. The molecule has 1 heterocycles. The smallest absolute Gasteiger partial charge is 0.109 e. The molecule has 0 saturated heterocycles. The van der Waals surface area contributed by atoms with Crippen molar-refractivity contribution in [3.63, 3.8) is 0 Å². The van der Waals surface area contributed by atoms with Crippen LogP contribution in [0.1, 0.15) is 30.2 Å². The molecule has 2 aromatic rings. The number of fused-ring (bicyclic) bond motifs is 1. The van der Waals surface area contributed by atoms with Crippen LogP contribution in [0.2, 0.25) is 5.02 Å². The van der Waals surface area contributed by atoms with Crippen molar-refractivity contribution in [2.24, 2.45) is 0 Å². The molecule has 0 fully saturated rings. The maximum Gasteiger partial charge on any atom is 0.109 e. The number of anilines is 1. The van der Waals surface area contributed by atoms with Crippen LogP contribution in [0.3, 0.4) is 0 Å². The van der Waals surface area contributed by atoms with Crippen LogP contribution in [0.15, 0.2) is 39.4 Å². The second-order valence-corrected chi connectivity index (χ2v) is 5.84. The zero-order valence-electron chi connectivity index (χ0n) is 9.75. The number of aryl methyl sites for hydroxylation is 1. The van der Waals surface area contributed by atoms with Gasteiger partial charge in [0.2, 0.25) is 0 Å². The van der Waals surface area contributed by atoms with Crippen molar-refractivity contribution in [2.45, 2.75) is 25.3 Å². The molecular formula is C14H13BrClNO. The molecule has 18 heavy (non-hydrogen) atoms. The molecule has 1 N–H and O–H groups in total. The van der Waals surface area contributed by atoms with Gasteiger partial charge in [0.25, 0.3) is 0 Å². The summed E-state index contributed by atoms with van der Waals surface area (Å²) >= 11 is 9.68. The average molecular weight is 327 g/mol. The third-order valence-corrected chi connectivity index (χ3v) is 4.13. The zero-order valence-corrected chi connectivity index (χ0v) is 12.1. The largest absolute Gasteiger partial charge is 0.469 e. The summed E-state index contributed by atoms with van der Waals surface area (Å²) in [6.07, 6.45) is 5.05. The van der Waals surface area contributed by atoms with E-state index in [0.717, 1.165) is 40.2 Å². The third kappa shape index (κ3) is 2.29. The Balaban J connectivity index is 1.88. The quantitative estimate of drug-likeness (QED) is 0.822. The topological polar surface area (TPSA) is 25.2 Å². The first kappa shape index (κ1) is 12.1. The van der Waals surface area contributed by atoms with Gasteiger partial charge in [-0.3, -0.25) is 0 Å². The average Bonchev–Trinajstić information content (AvgIpc) is 2.83. The maximum atomic E-state index is 6.21. The van der Waals surface area contributed by atoms with Crippen molar-refractivity contribution in [1.82, 2.24) is 0 Å². The fourth-order valence-electron chi connectivity index (χ4n) is 2.43. The molecule has 0 aliphatic heterocycles. The number of halogens is 2. The van der Waals surface area contributed by atoms with Gasteiger partial charge in [0.1, 0.15) is 5.76 Å². The van der Waals surface area contributed by atoms with Crippen LogP contribution in [-0.2, 0) is 6.42 Å². The lowest BCUT2D eigenvalue weighted by atomic mass is 9.93. The van der Waals surface area contributed by atoms with Crippen molar-refractivity contribution < 1.29 is 4.42 Å². The van der Waals surface area contributed by atoms with Gasteiger partial charge < -0.3 is 9.73 Å². The van der Waals surface area contributed by atoms with E-state index in [-0.39, 0.29) is 0 Å². The van der Waals surface area contributed by atoms with E-state index in [9.17, 15) is 0 Å². The molecule has 1 aromatic heterocycles. The number of nitrogens with one attached hydrogen (secondary N) is 1. The normalized spacial score (nSPS) is 18.4. The van der Waals surface area contributed by atoms with E-state index in [1.807, 2.05) is 18.2 Å². The maximum absolute atomic E-state index is 6.21. The molecular weight excluding hydrogens is 314 g/mol. The number of benzene rings is 1. The number of hydrogen-bond acceptors (Lipinski definition) is 2. The van der Waals surface area contributed by atoms with E-state index in [0.29, 0.717) is 6.04 Å². The van der Waals surface area contributed by atoms with Gasteiger partial charge in [-0.05, 0) is 37.1 Å². The van der Waals surface area contributed by atoms with E-state index in [1.54, 1.807) is 6.26 Å². The summed E-state index contributed by atoms with van der Waals surface area (Å²) in [6.45, 7) is 0. The summed E-state index contributed by atoms with van der Waals surface area (Å²) in [6, 6.07) is 8.19. The lowest BCUT2D eigenvalue weighted by Crippen LogP contribution is -2.16. The summed E-state index contributed by atoms with van der Waals surface area (Å²) in [5.41, 5.74) is 2.22. The summed E-state index contributed by atoms with van der Waals surface area (Å²) in [7, 11) is 0. The lowest BCUT2D eigenvalue weighted by Gasteiger charge is -2.24. The molecule has 2 nitrogen and oxygen atoms in total. The molecule has 0 spiro atoms. The molecule has 1 aliphatic carbocycles. The minimum Gasteiger partial charge on any atom is -0.469 e.